The molecule has 0 aliphatic heterocycles. The van der Waals surface area contributed by atoms with Crippen LogP contribution in [-0.4, -0.2) is 10.9 Å². The van der Waals surface area contributed by atoms with Crippen LogP contribution in [0.5, 0.6) is 5.75 Å². The number of ketones is 1. The van der Waals surface area contributed by atoms with Crippen LogP contribution in [0, 0.1) is 0 Å². The SMILES string of the molecule is CCC(=O)c1ccc2c(c1O)CCCC2. The first kappa shape index (κ1) is 10.2. The van der Waals surface area contributed by atoms with Crippen molar-refractivity contribution < 1.29 is 9.90 Å². The van der Waals surface area contributed by atoms with E-state index in [0.717, 1.165) is 24.8 Å². The van der Waals surface area contributed by atoms with Gasteiger partial charge in [0.1, 0.15) is 5.75 Å². The van der Waals surface area contributed by atoms with E-state index in [4.69, 9.17) is 0 Å². The first-order chi connectivity index (χ1) is 7.24. The summed E-state index contributed by atoms with van der Waals surface area (Å²) in [6.07, 6.45) is 4.69. The highest BCUT2D eigenvalue weighted by Crippen LogP contribution is 2.32. The number of Topliss-reactive ketones (excluding diaryl/α,β-unsaturated/α-hetero) is 1. The van der Waals surface area contributed by atoms with Crippen LogP contribution < -0.4 is 0 Å². The molecule has 1 aromatic carbocycles. The summed E-state index contributed by atoms with van der Waals surface area (Å²) in [7, 11) is 0. The number of hydrogen-bond donors (Lipinski definition) is 1. The Morgan fingerprint density at radius 1 is 1.33 bits per heavy atom. The molecule has 0 saturated carbocycles. The normalized spacial score (nSPS) is 14.7. The highest BCUT2D eigenvalue weighted by atomic mass is 16.3. The molecule has 80 valence electrons. The first-order valence-electron chi connectivity index (χ1n) is 5.61. The number of carbonyl (C=O) groups is 1. The second-order valence-electron chi connectivity index (χ2n) is 4.08. The zero-order valence-corrected chi connectivity index (χ0v) is 9.05. The molecule has 2 nitrogen and oxygen atoms in total. The van der Waals surface area contributed by atoms with Gasteiger partial charge in [0.15, 0.2) is 5.78 Å². The number of phenolic OH excluding ortho intramolecular Hbond substituents is 1. The lowest BCUT2D eigenvalue weighted by atomic mass is 9.88. The van der Waals surface area contributed by atoms with Gasteiger partial charge in [-0.1, -0.05) is 13.0 Å². The number of fused-ring (bicyclic) bond motifs is 1. The molecular formula is C13H16O2. The van der Waals surface area contributed by atoms with Crippen molar-refractivity contribution in [3.8, 4) is 5.75 Å². The average molecular weight is 204 g/mol. The van der Waals surface area contributed by atoms with Crippen LogP contribution >= 0.6 is 0 Å². The van der Waals surface area contributed by atoms with Gasteiger partial charge in [0.2, 0.25) is 0 Å². The lowest BCUT2D eigenvalue weighted by molar-refractivity contribution is 0.0985. The molecule has 1 aliphatic rings. The number of hydrogen-bond acceptors (Lipinski definition) is 2. The lowest BCUT2D eigenvalue weighted by Crippen LogP contribution is -2.06. The Morgan fingerprint density at radius 2 is 2.07 bits per heavy atom. The van der Waals surface area contributed by atoms with E-state index in [-0.39, 0.29) is 11.5 Å². The number of carbonyl (C=O) groups excluding carboxylic acids is 1. The van der Waals surface area contributed by atoms with Crippen molar-refractivity contribution in [2.24, 2.45) is 0 Å². The summed E-state index contributed by atoms with van der Waals surface area (Å²) < 4.78 is 0. The van der Waals surface area contributed by atoms with Crippen molar-refractivity contribution in [2.75, 3.05) is 0 Å². The smallest absolute Gasteiger partial charge is 0.166 e. The van der Waals surface area contributed by atoms with Gasteiger partial charge in [-0.15, -0.1) is 0 Å². The number of benzene rings is 1. The van der Waals surface area contributed by atoms with Crippen molar-refractivity contribution in [1.82, 2.24) is 0 Å². The Kier molecular flexibility index (Phi) is 2.76. The maximum Gasteiger partial charge on any atom is 0.166 e. The molecule has 0 radical (unpaired) electrons. The summed E-state index contributed by atoms with van der Waals surface area (Å²) >= 11 is 0. The summed E-state index contributed by atoms with van der Waals surface area (Å²) in [5.74, 6) is 0.264. The molecule has 0 amide bonds. The fraction of sp³-hybridized carbons (Fsp3) is 0.462. The third-order valence-electron chi connectivity index (χ3n) is 3.12. The van der Waals surface area contributed by atoms with Gasteiger partial charge >= 0.3 is 0 Å². The van der Waals surface area contributed by atoms with Crippen LogP contribution in [0.4, 0.5) is 0 Å². The van der Waals surface area contributed by atoms with Crippen molar-refractivity contribution in [3.05, 3.63) is 28.8 Å². The summed E-state index contributed by atoms with van der Waals surface area (Å²) in [5, 5.41) is 10.0. The number of aryl methyl sites for hydroxylation is 1. The van der Waals surface area contributed by atoms with Gasteiger partial charge in [0.05, 0.1) is 5.56 Å². The van der Waals surface area contributed by atoms with E-state index in [2.05, 4.69) is 0 Å². The Balaban J connectivity index is 2.47. The molecule has 0 heterocycles. The quantitative estimate of drug-likeness (QED) is 0.752. The fourth-order valence-corrected chi connectivity index (χ4v) is 2.22. The molecule has 2 heteroatoms. The van der Waals surface area contributed by atoms with Crippen LogP contribution in [0.3, 0.4) is 0 Å². The molecule has 0 atom stereocenters. The van der Waals surface area contributed by atoms with E-state index >= 15 is 0 Å². The number of aromatic hydroxyl groups is 1. The Morgan fingerprint density at radius 3 is 2.80 bits per heavy atom. The highest BCUT2D eigenvalue weighted by molar-refractivity contribution is 5.98. The summed E-state index contributed by atoms with van der Waals surface area (Å²) in [6.45, 7) is 1.82. The number of phenols is 1. The minimum absolute atomic E-state index is 0.0286. The monoisotopic (exact) mass is 204 g/mol. The first-order valence-corrected chi connectivity index (χ1v) is 5.61. The van der Waals surface area contributed by atoms with Crippen LogP contribution in [-0.2, 0) is 12.8 Å². The highest BCUT2D eigenvalue weighted by Gasteiger charge is 2.18. The van der Waals surface area contributed by atoms with E-state index in [1.807, 2.05) is 13.0 Å². The molecule has 15 heavy (non-hydrogen) atoms. The van der Waals surface area contributed by atoms with Gasteiger partial charge in [0.25, 0.3) is 0 Å². The topological polar surface area (TPSA) is 37.3 Å². The van der Waals surface area contributed by atoms with Crippen molar-refractivity contribution in [3.63, 3.8) is 0 Å². The van der Waals surface area contributed by atoms with Gasteiger partial charge in [-0.2, -0.15) is 0 Å². The van der Waals surface area contributed by atoms with Crippen molar-refractivity contribution in [1.29, 1.82) is 0 Å². The predicted molar refractivity (Wildman–Crippen MR) is 59.4 cm³/mol. The molecule has 2 rings (SSSR count). The Bertz CT molecular complexity index is 394. The van der Waals surface area contributed by atoms with Crippen LogP contribution in [0.25, 0.3) is 0 Å². The molecule has 1 aliphatic carbocycles. The van der Waals surface area contributed by atoms with Crippen molar-refractivity contribution >= 4 is 5.78 Å². The minimum Gasteiger partial charge on any atom is -0.507 e. The predicted octanol–water partition coefficient (Wildman–Crippen LogP) is 2.86. The molecule has 1 N–H and O–H groups in total. The maximum atomic E-state index is 11.6. The molecule has 0 aromatic heterocycles. The van der Waals surface area contributed by atoms with E-state index in [0.29, 0.717) is 12.0 Å². The summed E-state index contributed by atoms with van der Waals surface area (Å²) in [4.78, 5) is 11.6. The third-order valence-corrected chi connectivity index (χ3v) is 3.12. The molecule has 0 unspecified atom stereocenters. The van der Waals surface area contributed by atoms with E-state index in [9.17, 15) is 9.90 Å². The van der Waals surface area contributed by atoms with Crippen LogP contribution in [0.2, 0.25) is 0 Å². The largest absolute Gasteiger partial charge is 0.507 e. The molecule has 0 bridgehead atoms. The zero-order valence-electron chi connectivity index (χ0n) is 9.05. The van der Waals surface area contributed by atoms with E-state index in [1.165, 1.54) is 12.0 Å². The van der Waals surface area contributed by atoms with Crippen molar-refractivity contribution in [2.45, 2.75) is 39.0 Å². The molecule has 0 spiro atoms. The molecule has 1 aromatic rings. The van der Waals surface area contributed by atoms with E-state index < -0.39 is 0 Å². The zero-order chi connectivity index (χ0) is 10.8. The molecule has 0 saturated heterocycles. The summed E-state index contributed by atoms with van der Waals surface area (Å²) in [5.41, 5.74) is 2.71. The van der Waals surface area contributed by atoms with E-state index in [1.54, 1.807) is 6.07 Å². The van der Waals surface area contributed by atoms with Crippen LogP contribution in [0.15, 0.2) is 12.1 Å². The second kappa shape index (κ2) is 4.05. The van der Waals surface area contributed by atoms with Crippen LogP contribution in [0.1, 0.15) is 47.7 Å². The summed E-state index contributed by atoms with van der Waals surface area (Å²) in [6, 6.07) is 3.77. The molecular weight excluding hydrogens is 188 g/mol. The molecule has 0 fully saturated rings. The Hall–Kier alpha value is -1.31. The van der Waals surface area contributed by atoms with Gasteiger partial charge in [-0.05, 0) is 42.9 Å². The fourth-order valence-electron chi connectivity index (χ4n) is 2.22. The third kappa shape index (κ3) is 1.76. The second-order valence-corrected chi connectivity index (χ2v) is 4.08. The minimum atomic E-state index is 0.0286. The van der Waals surface area contributed by atoms with Gasteiger partial charge in [-0.25, -0.2) is 0 Å². The number of rotatable bonds is 2. The Labute approximate surface area is 89.9 Å². The maximum absolute atomic E-state index is 11.6. The standard InChI is InChI=1S/C13H16O2/c1-2-12(14)11-8-7-9-5-3-4-6-10(9)13(11)15/h7-8,15H,2-6H2,1H3. The average Bonchev–Trinajstić information content (AvgIpc) is 2.29. The lowest BCUT2D eigenvalue weighted by Gasteiger charge is -2.18. The van der Waals surface area contributed by atoms with Gasteiger partial charge < -0.3 is 5.11 Å². The van der Waals surface area contributed by atoms with Gasteiger partial charge in [-0.3, -0.25) is 4.79 Å². The van der Waals surface area contributed by atoms with Gasteiger partial charge in [0, 0.05) is 6.42 Å².